The van der Waals surface area contributed by atoms with Crippen molar-refractivity contribution in [2.45, 2.75) is 31.7 Å². The molecule has 6 nitrogen and oxygen atoms in total. The van der Waals surface area contributed by atoms with Gasteiger partial charge in [-0.3, -0.25) is 4.79 Å². The normalized spacial score (nSPS) is 21.2. The molecule has 1 atom stereocenters. The Kier molecular flexibility index (Phi) is 5.69. The molecule has 0 radical (unpaired) electrons. The largest absolute Gasteiger partial charge is 0.338 e. The summed E-state index contributed by atoms with van der Waals surface area (Å²) in [6.07, 6.45) is 3.91. The third kappa shape index (κ3) is 4.47. The Morgan fingerprint density at radius 1 is 1.17 bits per heavy atom. The van der Waals surface area contributed by atoms with Crippen molar-refractivity contribution in [1.29, 1.82) is 0 Å². The number of anilines is 1. The standard InChI is InChI=1S/C18H26N4O2/c23-17-13-15(14-22(17)16-7-2-1-3-8-16)20-18(24)19-9-6-12-21-10-4-5-11-21/h1-3,7-8,15H,4-6,9-14H2,(H2,19,20,24). The highest BCUT2D eigenvalue weighted by atomic mass is 16.2. The van der Waals surface area contributed by atoms with E-state index in [1.54, 1.807) is 4.90 Å². The molecule has 2 fully saturated rings. The topological polar surface area (TPSA) is 64.7 Å². The fourth-order valence-corrected chi connectivity index (χ4v) is 3.41. The van der Waals surface area contributed by atoms with E-state index in [9.17, 15) is 9.59 Å². The maximum atomic E-state index is 12.1. The molecule has 2 aliphatic heterocycles. The summed E-state index contributed by atoms with van der Waals surface area (Å²) in [6, 6.07) is 9.28. The molecule has 1 aromatic carbocycles. The SMILES string of the molecule is O=C(NCCCN1CCCC1)NC1CC(=O)N(c2ccccc2)C1. The van der Waals surface area contributed by atoms with Gasteiger partial charge in [-0.1, -0.05) is 18.2 Å². The summed E-state index contributed by atoms with van der Waals surface area (Å²) in [5.74, 6) is 0.0560. The van der Waals surface area contributed by atoms with E-state index in [0.29, 0.717) is 19.5 Å². The lowest BCUT2D eigenvalue weighted by molar-refractivity contribution is -0.117. The number of carbonyl (C=O) groups excluding carboxylic acids is 2. The number of urea groups is 1. The molecule has 130 valence electrons. The molecule has 0 bridgehead atoms. The van der Waals surface area contributed by atoms with Crippen molar-refractivity contribution in [2.24, 2.45) is 0 Å². The molecule has 0 spiro atoms. The summed E-state index contributed by atoms with van der Waals surface area (Å²) < 4.78 is 0. The zero-order chi connectivity index (χ0) is 16.8. The third-order valence-electron chi connectivity index (χ3n) is 4.66. The van der Waals surface area contributed by atoms with Crippen LogP contribution < -0.4 is 15.5 Å². The minimum Gasteiger partial charge on any atom is -0.338 e. The van der Waals surface area contributed by atoms with Gasteiger partial charge in [0.2, 0.25) is 5.91 Å². The first-order valence-corrected chi connectivity index (χ1v) is 8.84. The average molecular weight is 330 g/mol. The Hall–Kier alpha value is -2.08. The van der Waals surface area contributed by atoms with Gasteiger partial charge in [-0.25, -0.2) is 4.79 Å². The van der Waals surface area contributed by atoms with Crippen LogP contribution in [0.1, 0.15) is 25.7 Å². The molecule has 1 unspecified atom stereocenters. The van der Waals surface area contributed by atoms with Gasteiger partial charge < -0.3 is 20.4 Å². The van der Waals surface area contributed by atoms with Crippen LogP contribution in [-0.4, -0.2) is 55.6 Å². The lowest BCUT2D eigenvalue weighted by atomic mass is 10.2. The maximum absolute atomic E-state index is 12.1. The molecule has 0 aliphatic carbocycles. The van der Waals surface area contributed by atoms with E-state index in [1.165, 1.54) is 25.9 Å². The summed E-state index contributed by atoms with van der Waals surface area (Å²) in [4.78, 5) is 28.3. The van der Waals surface area contributed by atoms with Crippen LogP contribution in [0.15, 0.2) is 30.3 Å². The fraction of sp³-hybridized carbons (Fsp3) is 0.556. The number of rotatable bonds is 6. The van der Waals surface area contributed by atoms with Gasteiger partial charge in [-0.05, 0) is 51.0 Å². The predicted molar refractivity (Wildman–Crippen MR) is 94.0 cm³/mol. The van der Waals surface area contributed by atoms with E-state index in [-0.39, 0.29) is 18.0 Å². The second kappa shape index (κ2) is 8.15. The van der Waals surface area contributed by atoms with Gasteiger partial charge in [0.05, 0.1) is 6.04 Å². The monoisotopic (exact) mass is 330 g/mol. The number of para-hydroxylation sites is 1. The Morgan fingerprint density at radius 3 is 2.67 bits per heavy atom. The number of amides is 3. The van der Waals surface area contributed by atoms with Crippen molar-refractivity contribution >= 4 is 17.6 Å². The molecule has 3 rings (SSSR count). The number of nitrogens with one attached hydrogen (secondary N) is 2. The van der Waals surface area contributed by atoms with Crippen LogP contribution in [0.2, 0.25) is 0 Å². The van der Waals surface area contributed by atoms with Crippen molar-refractivity contribution in [3.8, 4) is 0 Å². The number of hydrogen-bond donors (Lipinski definition) is 2. The Morgan fingerprint density at radius 2 is 1.92 bits per heavy atom. The van der Waals surface area contributed by atoms with E-state index in [1.807, 2.05) is 30.3 Å². The minimum atomic E-state index is -0.177. The number of nitrogens with zero attached hydrogens (tertiary/aromatic N) is 2. The quantitative estimate of drug-likeness (QED) is 0.778. The molecule has 2 saturated heterocycles. The van der Waals surface area contributed by atoms with Crippen LogP contribution >= 0.6 is 0 Å². The lowest BCUT2D eigenvalue weighted by Gasteiger charge is -2.18. The minimum absolute atomic E-state index is 0.0560. The van der Waals surface area contributed by atoms with Crippen molar-refractivity contribution < 1.29 is 9.59 Å². The summed E-state index contributed by atoms with van der Waals surface area (Å²) in [6.45, 7) is 4.62. The van der Waals surface area contributed by atoms with Crippen LogP contribution in [0.25, 0.3) is 0 Å². The van der Waals surface area contributed by atoms with Gasteiger partial charge in [-0.2, -0.15) is 0 Å². The summed E-state index contributed by atoms with van der Waals surface area (Å²) in [5.41, 5.74) is 0.887. The third-order valence-corrected chi connectivity index (χ3v) is 4.66. The average Bonchev–Trinajstić information content (AvgIpc) is 3.22. The predicted octanol–water partition coefficient (Wildman–Crippen LogP) is 1.58. The van der Waals surface area contributed by atoms with E-state index < -0.39 is 0 Å². The van der Waals surface area contributed by atoms with E-state index in [4.69, 9.17) is 0 Å². The van der Waals surface area contributed by atoms with Gasteiger partial charge >= 0.3 is 6.03 Å². The van der Waals surface area contributed by atoms with Gasteiger partial charge in [0.15, 0.2) is 0 Å². The molecule has 2 heterocycles. The molecule has 0 saturated carbocycles. The highest BCUT2D eigenvalue weighted by Crippen LogP contribution is 2.20. The van der Waals surface area contributed by atoms with Crippen LogP contribution in [0.3, 0.4) is 0 Å². The highest BCUT2D eigenvalue weighted by molar-refractivity contribution is 5.96. The van der Waals surface area contributed by atoms with Crippen molar-refractivity contribution in [3.63, 3.8) is 0 Å². The smallest absolute Gasteiger partial charge is 0.315 e. The fourth-order valence-electron chi connectivity index (χ4n) is 3.41. The first-order valence-electron chi connectivity index (χ1n) is 8.84. The summed E-state index contributed by atoms with van der Waals surface area (Å²) >= 11 is 0. The summed E-state index contributed by atoms with van der Waals surface area (Å²) in [5, 5.41) is 5.81. The number of hydrogen-bond acceptors (Lipinski definition) is 3. The van der Waals surface area contributed by atoms with Gasteiger partial charge in [0.1, 0.15) is 0 Å². The second-order valence-electron chi connectivity index (χ2n) is 6.54. The Labute approximate surface area is 143 Å². The van der Waals surface area contributed by atoms with E-state index in [0.717, 1.165) is 18.7 Å². The van der Waals surface area contributed by atoms with Crippen LogP contribution in [-0.2, 0) is 4.79 Å². The van der Waals surface area contributed by atoms with Crippen LogP contribution in [0.4, 0.5) is 10.5 Å². The molecular weight excluding hydrogens is 304 g/mol. The van der Waals surface area contributed by atoms with Gasteiger partial charge in [-0.15, -0.1) is 0 Å². The van der Waals surface area contributed by atoms with Crippen molar-refractivity contribution in [2.75, 3.05) is 37.6 Å². The Bertz CT molecular complexity index is 557. The number of likely N-dealkylation sites (tertiary alicyclic amines) is 1. The lowest BCUT2D eigenvalue weighted by Crippen LogP contribution is -2.44. The zero-order valence-electron chi connectivity index (χ0n) is 14.0. The van der Waals surface area contributed by atoms with Crippen molar-refractivity contribution in [1.82, 2.24) is 15.5 Å². The Balaban J connectivity index is 1.36. The highest BCUT2D eigenvalue weighted by Gasteiger charge is 2.31. The van der Waals surface area contributed by atoms with E-state index in [2.05, 4.69) is 15.5 Å². The molecule has 6 heteroatoms. The van der Waals surface area contributed by atoms with Gasteiger partial charge in [0.25, 0.3) is 0 Å². The van der Waals surface area contributed by atoms with Crippen molar-refractivity contribution in [3.05, 3.63) is 30.3 Å². The molecular formula is C18H26N4O2. The molecule has 2 N–H and O–H groups in total. The number of benzene rings is 1. The van der Waals surface area contributed by atoms with Crippen LogP contribution in [0, 0.1) is 0 Å². The second-order valence-corrected chi connectivity index (χ2v) is 6.54. The molecule has 24 heavy (non-hydrogen) atoms. The molecule has 2 aliphatic rings. The number of carbonyl (C=O) groups is 2. The molecule has 0 aromatic heterocycles. The molecule has 1 aromatic rings. The molecule has 3 amide bonds. The first kappa shape index (κ1) is 16.8. The van der Waals surface area contributed by atoms with E-state index >= 15 is 0 Å². The van der Waals surface area contributed by atoms with Gasteiger partial charge in [0, 0.05) is 25.2 Å². The van der Waals surface area contributed by atoms with Crippen LogP contribution in [0.5, 0.6) is 0 Å². The maximum Gasteiger partial charge on any atom is 0.315 e. The zero-order valence-corrected chi connectivity index (χ0v) is 14.0. The summed E-state index contributed by atoms with van der Waals surface area (Å²) in [7, 11) is 0. The first-order chi connectivity index (χ1) is 11.7.